The van der Waals surface area contributed by atoms with Crippen LogP contribution in [-0.2, 0) is 4.74 Å². The maximum atomic E-state index is 12.0. The summed E-state index contributed by atoms with van der Waals surface area (Å²) in [6.45, 7) is 7.94. The number of hydrogen-bond acceptors (Lipinski definition) is 2. The van der Waals surface area contributed by atoms with Crippen LogP contribution in [0.2, 0.25) is 0 Å². The van der Waals surface area contributed by atoms with Crippen molar-refractivity contribution >= 4 is 0 Å². The number of rotatable bonds is 4. The Balaban J connectivity index is 2.96. The van der Waals surface area contributed by atoms with Gasteiger partial charge in [0.25, 0.3) is 0 Å². The second-order valence-electron chi connectivity index (χ2n) is 5.18. The van der Waals surface area contributed by atoms with E-state index in [4.69, 9.17) is 0 Å². The van der Waals surface area contributed by atoms with Crippen molar-refractivity contribution in [3.05, 3.63) is 33.4 Å². The third-order valence-electron chi connectivity index (χ3n) is 3.93. The molecule has 2 nitrogen and oxygen atoms in total. The minimum absolute atomic E-state index is 0.358. The molecule has 0 aliphatic rings. The Morgan fingerprint density at radius 3 is 1.70 bits per heavy atom. The molecule has 0 heterocycles. The Hall–Kier alpha value is -1.07. The fraction of sp³-hybridized carbons (Fsp3) is 0.600. The first-order valence-electron chi connectivity index (χ1n) is 6.45. The third-order valence-corrected chi connectivity index (χ3v) is 3.93. The van der Waals surface area contributed by atoms with Gasteiger partial charge in [-0.2, -0.15) is 13.2 Å². The predicted molar refractivity (Wildman–Crippen MR) is 72.0 cm³/mol. The van der Waals surface area contributed by atoms with Gasteiger partial charge < -0.3 is 9.84 Å². The van der Waals surface area contributed by atoms with Crippen molar-refractivity contribution < 1.29 is 23.0 Å². The average molecular weight is 290 g/mol. The summed E-state index contributed by atoms with van der Waals surface area (Å²) in [5.41, 5.74) is 5.75. The molecule has 5 heteroatoms. The smallest absolute Gasteiger partial charge is 0.386 e. The molecule has 0 aromatic heterocycles. The van der Waals surface area contributed by atoms with E-state index < -0.39 is 18.9 Å². The Bertz CT molecular complexity index is 464. The number of halogens is 3. The SMILES string of the molecule is Cc1c(C)c(C)c(C(O)COCC(F)(F)F)c(C)c1C. The summed E-state index contributed by atoms with van der Waals surface area (Å²) in [6.07, 6.45) is -5.42. The zero-order valence-electron chi connectivity index (χ0n) is 12.5. The number of aliphatic hydroxyl groups is 1. The van der Waals surface area contributed by atoms with E-state index in [2.05, 4.69) is 4.74 Å². The molecule has 0 spiro atoms. The number of aliphatic hydroxyl groups excluding tert-OH is 1. The molecule has 1 aromatic rings. The summed E-state index contributed by atoms with van der Waals surface area (Å²) in [7, 11) is 0. The normalized spacial score (nSPS) is 13.7. The number of ether oxygens (including phenoxy) is 1. The van der Waals surface area contributed by atoms with Crippen LogP contribution < -0.4 is 0 Å². The van der Waals surface area contributed by atoms with Crippen LogP contribution >= 0.6 is 0 Å². The Morgan fingerprint density at radius 1 is 0.900 bits per heavy atom. The summed E-state index contributed by atoms with van der Waals surface area (Å²) in [5.74, 6) is 0. The third kappa shape index (κ3) is 3.73. The molecular weight excluding hydrogens is 269 g/mol. The zero-order valence-corrected chi connectivity index (χ0v) is 12.5. The number of alkyl halides is 3. The minimum atomic E-state index is -4.37. The molecule has 0 bridgehead atoms. The van der Waals surface area contributed by atoms with Gasteiger partial charge in [0, 0.05) is 0 Å². The Labute approximate surface area is 117 Å². The summed E-state index contributed by atoms with van der Waals surface area (Å²) in [4.78, 5) is 0. The first kappa shape index (κ1) is 17.0. The molecule has 1 rings (SSSR count). The van der Waals surface area contributed by atoms with Crippen LogP contribution in [0.15, 0.2) is 0 Å². The van der Waals surface area contributed by atoms with Crippen LogP contribution in [0.25, 0.3) is 0 Å². The molecule has 0 fully saturated rings. The van der Waals surface area contributed by atoms with Gasteiger partial charge in [0.05, 0.1) is 6.61 Å². The Morgan fingerprint density at radius 2 is 1.30 bits per heavy atom. The highest BCUT2D eigenvalue weighted by molar-refractivity contribution is 5.50. The second-order valence-corrected chi connectivity index (χ2v) is 5.18. The van der Waals surface area contributed by atoms with Gasteiger partial charge in [0.2, 0.25) is 0 Å². The van der Waals surface area contributed by atoms with Crippen LogP contribution in [0.4, 0.5) is 13.2 Å². The monoisotopic (exact) mass is 290 g/mol. The standard InChI is InChI=1S/C15H21F3O2/c1-8-9(2)11(4)14(12(5)10(8)3)13(19)6-20-7-15(16,17)18/h13,19H,6-7H2,1-5H3. The fourth-order valence-corrected chi connectivity index (χ4v) is 2.40. The van der Waals surface area contributed by atoms with E-state index in [9.17, 15) is 18.3 Å². The lowest BCUT2D eigenvalue weighted by atomic mass is 9.87. The molecule has 0 saturated heterocycles. The topological polar surface area (TPSA) is 29.5 Å². The summed E-state index contributed by atoms with van der Waals surface area (Å²) >= 11 is 0. The van der Waals surface area contributed by atoms with Crippen molar-refractivity contribution in [3.63, 3.8) is 0 Å². The predicted octanol–water partition coefficient (Wildman–Crippen LogP) is 3.84. The first-order chi connectivity index (χ1) is 9.06. The lowest BCUT2D eigenvalue weighted by Crippen LogP contribution is -2.20. The van der Waals surface area contributed by atoms with Crippen LogP contribution in [-0.4, -0.2) is 24.5 Å². The quantitative estimate of drug-likeness (QED) is 0.913. The highest BCUT2D eigenvalue weighted by Crippen LogP contribution is 2.30. The van der Waals surface area contributed by atoms with Gasteiger partial charge in [0.15, 0.2) is 0 Å². The lowest BCUT2D eigenvalue weighted by Gasteiger charge is -2.22. The van der Waals surface area contributed by atoms with Crippen LogP contribution in [0, 0.1) is 34.6 Å². The van der Waals surface area contributed by atoms with Gasteiger partial charge in [-0.15, -0.1) is 0 Å². The van der Waals surface area contributed by atoms with Crippen molar-refractivity contribution in [2.45, 2.75) is 46.9 Å². The van der Waals surface area contributed by atoms with E-state index in [1.807, 2.05) is 34.6 Å². The maximum absolute atomic E-state index is 12.0. The van der Waals surface area contributed by atoms with Crippen LogP contribution in [0.1, 0.15) is 39.5 Å². The van der Waals surface area contributed by atoms with E-state index in [1.165, 1.54) is 0 Å². The van der Waals surface area contributed by atoms with Crippen LogP contribution in [0.5, 0.6) is 0 Å². The molecule has 20 heavy (non-hydrogen) atoms. The van der Waals surface area contributed by atoms with Crippen molar-refractivity contribution in [1.82, 2.24) is 0 Å². The maximum Gasteiger partial charge on any atom is 0.411 e. The van der Waals surface area contributed by atoms with E-state index in [0.717, 1.165) is 27.8 Å². The van der Waals surface area contributed by atoms with Crippen LogP contribution in [0.3, 0.4) is 0 Å². The molecule has 0 radical (unpaired) electrons. The minimum Gasteiger partial charge on any atom is -0.386 e. The summed E-state index contributed by atoms with van der Waals surface area (Å²) < 4.78 is 40.7. The van der Waals surface area contributed by atoms with E-state index in [-0.39, 0.29) is 6.61 Å². The van der Waals surface area contributed by atoms with Crippen molar-refractivity contribution in [2.24, 2.45) is 0 Å². The van der Waals surface area contributed by atoms with E-state index in [0.29, 0.717) is 5.56 Å². The molecule has 0 saturated carbocycles. The van der Waals surface area contributed by atoms with E-state index >= 15 is 0 Å². The highest BCUT2D eigenvalue weighted by Gasteiger charge is 2.28. The second kappa shape index (κ2) is 6.14. The van der Waals surface area contributed by atoms with Crippen molar-refractivity contribution in [3.8, 4) is 0 Å². The van der Waals surface area contributed by atoms with Gasteiger partial charge in [-0.3, -0.25) is 0 Å². The zero-order chi connectivity index (χ0) is 15.7. The molecule has 1 N–H and O–H groups in total. The lowest BCUT2D eigenvalue weighted by molar-refractivity contribution is -0.179. The number of hydrogen-bond donors (Lipinski definition) is 1. The number of benzene rings is 1. The molecule has 1 atom stereocenters. The molecule has 0 aliphatic carbocycles. The molecule has 0 amide bonds. The van der Waals surface area contributed by atoms with Gasteiger partial charge >= 0.3 is 6.18 Å². The van der Waals surface area contributed by atoms with Crippen molar-refractivity contribution in [2.75, 3.05) is 13.2 Å². The van der Waals surface area contributed by atoms with E-state index in [1.54, 1.807) is 0 Å². The molecule has 1 aromatic carbocycles. The molecular formula is C15H21F3O2. The summed E-state index contributed by atoms with van der Waals surface area (Å²) in [5, 5.41) is 10.1. The van der Waals surface area contributed by atoms with Gasteiger partial charge in [-0.05, 0) is 68.0 Å². The molecule has 1 unspecified atom stereocenters. The molecule has 114 valence electrons. The Kier molecular flexibility index (Phi) is 5.21. The first-order valence-corrected chi connectivity index (χ1v) is 6.45. The van der Waals surface area contributed by atoms with Gasteiger partial charge in [-0.1, -0.05) is 0 Å². The van der Waals surface area contributed by atoms with Gasteiger partial charge in [0.1, 0.15) is 12.7 Å². The van der Waals surface area contributed by atoms with Gasteiger partial charge in [-0.25, -0.2) is 0 Å². The molecule has 0 aliphatic heterocycles. The summed E-state index contributed by atoms with van der Waals surface area (Å²) in [6, 6.07) is 0. The largest absolute Gasteiger partial charge is 0.411 e. The highest BCUT2D eigenvalue weighted by atomic mass is 19.4. The fourth-order valence-electron chi connectivity index (χ4n) is 2.40. The average Bonchev–Trinajstić information content (AvgIpc) is 2.32. The van der Waals surface area contributed by atoms with Crippen molar-refractivity contribution in [1.29, 1.82) is 0 Å².